The van der Waals surface area contributed by atoms with Gasteiger partial charge in [-0.15, -0.1) is 0 Å². The fourth-order valence-corrected chi connectivity index (χ4v) is 2.41. The molecule has 0 unspecified atom stereocenters. The molecule has 0 aliphatic rings. The van der Waals surface area contributed by atoms with Gasteiger partial charge in [-0.3, -0.25) is 4.90 Å². The van der Waals surface area contributed by atoms with E-state index in [1.54, 1.807) is 0 Å². The minimum atomic E-state index is 0.659. The fraction of sp³-hybridized carbons (Fsp3) is 0.750. The average Bonchev–Trinajstić information content (AvgIpc) is 2.26. The van der Waals surface area contributed by atoms with Crippen LogP contribution in [0, 0.1) is 18.8 Å². The highest BCUT2D eigenvalue weighted by Gasteiger charge is 2.12. The van der Waals surface area contributed by atoms with E-state index in [1.807, 2.05) is 13.0 Å². The van der Waals surface area contributed by atoms with Crippen LogP contribution >= 0.6 is 0 Å². The van der Waals surface area contributed by atoms with Gasteiger partial charge in [0.25, 0.3) is 0 Å². The minimum absolute atomic E-state index is 0.659. The number of rotatable bonds is 8. The van der Waals surface area contributed by atoms with Gasteiger partial charge in [-0.25, -0.2) is 9.97 Å². The van der Waals surface area contributed by atoms with Crippen LogP contribution in [0.25, 0.3) is 0 Å². The van der Waals surface area contributed by atoms with E-state index in [9.17, 15) is 0 Å². The minimum Gasteiger partial charge on any atom is -0.370 e. The van der Waals surface area contributed by atoms with Crippen molar-refractivity contribution >= 4 is 5.82 Å². The van der Waals surface area contributed by atoms with E-state index in [1.165, 1.54) is 0 Å². The number of nitrogens with zero attached hydrogens (tertiary/aromatic N) is 3. The van der Waals surface area contributed by atoms with Crippen molar-refractivity contribution in [3.05, 3.63) is 17.6 Å². The smallest absolute Gasteiger partial charge is 0.144 e. The largest absolute Gasteiger partial charge is 0.370 e. The quantitative estimate of drug-likeness (QED) is 0.792. The Bertz CT molecular complexity index is 391. The highest BCUT2D eigenvalue weighted by atomic mass is 15.2. The predicted octanol–water partition coefficient (Wildman–Crippen LogP) is 3.33. The molecule has 1 rings (SSSR count). The molecule has 0 spiro atoms. The van der Waals surface area contributed by atoms with Crippen LogP contribution in [0.1, 0.15) is 46.1 Å². The molecule has 1 heterocycles. The SMILES string of the molecule is CCNc1cc(C)nc(CN(CC(C)C)CC(C)C)n1. The van der Waals surface area contributed by atoms with Gasteiger partial charge in [-0.1, -0.05) is 27.7 Å². The molecule has 114 valence electrons. The Balaban J connectivity index is 2.80. The molecular weight excluding hydrogens is 248 g/mol. The summed E-state index contributed by atoms with van der Waals surface area (Å²) < 4.78 is 0. The summed E-state index contributed by atoms with van der Waals surface area (Å²) in [6.07, 6.45) is 0. The first-order chi connectivity index (χ1) is 9.40. The standard InChI is InChI=1S/C16H30N4/c1-7-17-15-8-14(6)18-16(19-15)11-20(9-12(2)3)10-13(4)5/h8,12-13H,7,9-11H2,1-6H3,(H,17,18,19). The molecule has 0 aliphatic heterocycles. The normalized spacial score (nSPS) is 11.7. The van der Waals surface area contributed by atoms with Crippen LogP contribution in [0.3, 0.4) is 0 Å². The summed E-state index contributed by atoms with van der Waals surface area (Å²) in [6, 6.07) is 2.00. The number of hydrogen-bond donors (Lipinski definition) is 1. The van der Waals surface area contributed by atoms with E-state index in [2.05, 4.69) is 54.8 Å². The van der Waals surface area contributed by atoms with Gasteiger partial charge in [-0.2, -0.15) is 0 Å². The molecule has 0 fully saturated rings. The van der Waals surface area contributed by atoms with Crippen molar-refractivity contribution in [3.8, 4) is 0 Å². The first-order valence-corrected chi connectivity index (χ1v) is 7.71. The maximum absolute atomic E-state index is 4.61. The third-order valence-corrected chi connectivity index (χ3v) is 2.87. The van der Waals surface area contributed by atoms with Gasteiger partial charge in [0.2, 0.25) is 0 Å². The molecule has 4 nitrogen and oxygen atoms in total. The molecule has 0 saturated carbocycles. The second-order valence-electron chi connectivity index (χ2n) is 6.32. The lowest BCUT2D eigenvalue weighted by atomic mass is 10.1. The lowest BCUT2D eigenvalue weighted by Gasteiger charge is -2.25. The monoisotopic (exact) mass is 278 g/mol. The molecule has 0 aromatic carbocycles. The Labute approximate surface area is 124 Å². The van der Waals surface area contributed by atoms with Crippen LogP contribution < -0.4 is 5.32 Å². The Morgan fingerprint density at radius 2 is 1.70 bits per heavy atom. The molecule has 0 saturated heterocycles. The highest BCUT2D eigenvalue weighted by Crippen LogP contribution is 2.11. The van der Waals surface area contributed by atoms with E-state index in [0.29, 0.717) is 11.8 Å². The summed E-state index contributed by atoms with van der Waals surface area (Å²) in [4.78, 5) is 11.6. The summed E-state index contributed by atoms with van der Waals surface area (Å²) in [5.74, 6) is 3.17. The Hall–Kier alpha value is -1.16. The van der Waals surface area contributed by atoms with Crippen LogP contribution in [0.2, 0.25) is 0 Å². The van der Waals surface area contributed by atoms with Crippen molar-refractivity contribution in [2.75, 3.05) is 25.0 Å². The van der Waals surface area contributed by atoms with Crippen LogP contribution in [-0.2, 0) is 6.54 Å². The van der Waals surface area contributed by atoms with E-state index >= 15 is 0 Å². The fourth-order valence-electron chi connectivity index (χ4n) is 2.41. The molecule has 0 atom stereocenters. The molecule has 1 N–H and O–H groups in total. The summed E-state index contributed by atoms with van der Waals surface area (Å²) in [5, 5.41) is 3.27. The van der Waals surface area contributed by atoms with Crippen molar-refractivity contribution in [2.24, 2.45) is 11.8 Å². The van der Waals surface area contributed by atoms with Gasteiger partial charge < -0.3 is 5.32 Å². The van der Waals surface area contributed by atoms with Crippen LogP contribution in [0.5, 0.6) is 0 Å². The zero-order valence-electron chi connectivity index (χ0n) is 13.9. The van der Waals surface area contributed by atoms with E-state index in [0.717, 1.165) is 43.5 Å². The van der Waals surface area contributed by atoms with Crippen molar-refractivity contribution < 1.29 is 0 Å². The van der Waals surface area contributed by atoms with E-state index < -0.39 is 0 Å². The summed E-state index contributed by atoms with van der Waals surface area (Å²) in [6.45, 7) is 17.0. The maximum Gasteiger partial charge on any atom is 0.144 e. The zero-order valence-corrected chi connectivity index (χ0v) is 13.9. The molecule has 0 aliphatic carbocycles. The molecule has 20 heavy (non-hydrogen) atoms. The van der Waals surface area contributed by atoms with Crippen LogP contribution in [-0.4, -0.2) is 34.5 Å². The van der Waals surface area contributed by atoms with Crippen LogP contribution in [0.15, 0.2) is 6.07 Å². The van der Waals surface area contributed by atoms with Crippen molar-refractivity contribution in [1.29, 1.82) is 0 Å². The lowest BCUT2D eigenvalue weighted by Crippen LogP contribution is -2.31. The first-order valence-electron chi connectivity index (χ1n) is 7.71. The summed E-state index contributed by atoms with van der Waals surface area (Å²) >= 11 is 0. The Morgan fingerprint density at radius 1 is 1.10 bits per heavy atom. The molecule has 1 aromatic heterocycles. The molecule has 1 aromatic rings. The van der Waals surface area contributed by atoms with E-state index in [4.69, 9.17) is 0 Å². The van der Waals surface area contributed by atoms with Gasteiger partial charge >= 0.3 is 0 Å². The maximum atomic E-state index is 4.61. The molecule has 4 heteroatoms. The van der Waals surface area contributed by atoms with Gasteiger partial charge in [0.15, 0.2) is 0 Å². The topological polar surface area (TPSA) is 41.1 Å². The number of anilines is 1. The lowest BCUT2D eigenvalue weighted by molar-refractivity contribution is 0.206. The number of aryl methyl sites for hydroxylation is 1. The number of hydrogen-bond acceptors (Lipinski definition) is 4. The highest BCUT2D eigenvalue weighted by molar-refractivity contribution is 5.35. The van der Waals surface area contributed by atoms with E-state index in [-0.39, 0.29) is 0 Å². The summed E-state index contributed by atoms with van der Waals surface area (Å²) in [7, 11) is 0. The van der Waals surface area contributed by atoms with Gasteiger partial charge in [0.1, 0.15) is 11.6 Å². The van der Waals surface area contributed by atoms with Crippen molar-refractivity contribution in [3.63, 3.8) is 0 Å². The third kappa shape index (κ3) is 6.33. The number of nitrogens with one attached hydrogen (secondary N) is 1. The number of aromatic nitrogens is 2. The molecular formula is C16H30N4. The molecule has 0 bridgehead atoms. The first kappa shape index (κ1) is 16.9. The zero-order chi connectivity index (χ0) is 15.1. The Morgan fingerprint density at radius 3 is 2.20 bits per heavy atom. The molecule has 0 amide bonds. The van der Waals surface area contributed by atoms with Crippen molar-refractivity contribution in [2.45, 2.75) is 48.1 Å². The van der Waals surface area contributed by atoms with Gasteiger partial charge in [0, 0.05) is 31.4 Å². The van der Waals surface area contributed by atoms with Crippen molar-refractivity contribution in [1.82, 2.24) is 14.9 Å². The third-order valence-electron chi connectivity index (χ3n) is 2.87. The van der Waals surface area contributed by atoms with Gasteiger partial charge in [0.05, 0.1) is 6.54 Å². The predicted molar refractivity (Wildman–Crippen MR) is 85.9 cm³/mol. The molecule has 0 radical (unpaired) electrons. The Kier molecular flexibility index (Phi) is 6.93. The second-order valence-corrected chi connectivity index (χ2v) is 6.32. The second kappa shape index (κ2) is 8.20. The van der Waals surface area contributed by atoms with Gasteiger partial charge in [-0.05, 0) is 25.7 Å². The average molecular weight is 278 g/mol. The summed E-state index contributed by atoms with van der Waals surface area (Å²) in [5.41, 5.74) is 1.03. The van der Waals surface area contributed by atoms with Crippen LogP contribution in [0.4, 0.5) is 5.82 Å².